The van der Waals surface area contributed by atoms with Gasteiger partial charge in [0.15, 0.2) is 11.6 Å². The van der Waals surface area contributed by atoms with Crippen molar-refractivity contribution in [3.8, 4) is 22.5 Å². The number of fused-ring (bicyclic) bond motifs is 1. The molecule has 0 atom stereocenters. The molecule has 3 heterocycles. The first-order valence-corrected chi connectivity index (χ1v) is 13.7. The van der Waals surface area contributed by atoms with Crippen LogP contribution in [-0.4, -0.2) is 67.9 Å². The van der Waals surface area contributed by atoms with Crippen molar-refractivity contribution in [3.05, 3.63) is 65.6 Å². The number of rotatable bonds is 11. The van der Waals surface area contributed by atoms with Crippen LogP contribution in [-0.2, 0) is 29.0 Å². The number of nitrogens with one attached hydrogen (secondary N) is 1. The van der Waals surface area contributed by atoms with E-state index in [0.717, 1.165) is 72.9 Å². The first-order valence-electron chi connectivity index (χ1n) is 13.7. The van der Waals surface area contributed by atoms with Crippen LogP contribution in [0, 0.1) is 0 Å². The van der Waals surface area contributed by atoms with E-state index in [1.54, 1.807) is 0 Å². The van der Waals surface area contributed by atoms with Crippen molar-refractivity contribution < 1.29 is 9.53 Å². The average molecular weight is 529 g/mol. The van der Waals surface area contributed by atoms with Crippen LogP contribution in [0.25, 0.3) is 22.5 Å². The SMILES string of the molecule is CCCCCc1nc2c(n1Cc1ccc(-c3ccccc3-c3nnn[nH]3)cc1)CN(CC)CN2CC(=O)OC. The Morgan fingerprint density at radius 3 is 2.54 bits per heavy atom. The molecule has 0 saturated carbocycles. The Balaban J connectivity index is 1.46. The number of hydrogen-bond donors (Lipinski definition) is 1. The maximum Gasteiger partial charge on any atom is 0.325 e. The van der Waals surface area contributed by atoms with Gasteiger partial charge in [0.05, 0.1) is 19.5 Å². The zero-order valence-electron chi connectivity index (χ0n) is 22.9. The van der Waals surface area contributed by atoms with Gasteiger partial charge in [0.25, 0.3) is 0 Å². The van der Waals surface area contributed by atoms with Gasteiger partial charge in [-0.1, -0.05) is 75.2 Å². The third kappa shape index (κ3) is 5.85. The predicted octanol–water partition coefficient (Wildman–Crippen LogP) is 4.28. The maximum absolute atomic E-state index is 12.2. The summed E-state index contributed by atoms with van der Waals surface area (Å²) < 4.78 is 7.34. The number of methoxy groups -OCH3 is 1. The summed E-state index contributed by atoms with van der Waals surface area (Å²) in [5.41, 5.74) is 5.48. The fourth-order valence-corrected chi connectivity index (χ4v) is 5.16. The molecule has 10 heteroatoms. The van der Waals surface area contributed by atoms with E-state index < -0.39 is 0 Å². The molecule has 1 N–H and O–H groups in total. The zero-order valence-corrected chi connectivity index (χ0v) is 22.9. The Hall–Kier alpha value is -4.05. The second-order valence-corrected chi connectivity index (χ2v) is 9.89. The van der Waals surface area contributed by atoms with Crippen LogP contribution >= 0.6 is 0 Å². The molecule has 0 aliphatic carbocycles. The summed E-state index contributed by atoms with van der Waals surface area (Å²) in [5.74, 6) is 2.38. The first kappa shape index (κ1) is 26.6. The van der Waals surface area contributed by atoms with Crippen molar-refractivity contribution in [1.29, 1.82) is 0 Å². The fourth-order valence-electron chi connectivity index (χ4n) is 5.16. The van der Waals surface area contributed by atoms with Gasteiger partial charge >= 0.3 is 5.97 Å². The summed E-state index contributed by atoms with van der Waals surface area (Å²) in [6.07, 6.45) is 4.33. The highest BCUT2D eigenvalue weighted by Crippen LogP contribution is 2.32. The molecule has 0 unspecified atom stereocenters. The van der Waals surface area contributed by atoms with Crippen molar-refractivity contribution in [3.63, 3.8) is 0 Å². The van der Waals surface area contributed by atoms with Gasteiger partial charge in [-0.2, -0.15) is 0 Å². The summed E-state index contributed by atoms with van der Waals surface area (Å²) in [4.78, 5) is 21.7. The first-order chi connectivity index (χ1) is 19.1. The Labute approximate surface area is 229 Å². The summed E-state index contributed by atoms with van der Waals surface area (Å²) in [7, 11) is 1.43. The number of H-pyrrole nitrogens is 1. The third-order valence-electron chi connectivity index (χ3n) is 7.31. The summed E-state index contributed by atoms with van der Waals surface area (Å²) in [6.45, 7) is 7.65. The van der Waals surface area contributed by atoms with E-state index in [0.29, 0.717) is 12.5 Å². The number of aryl methyl sites for hydroxylation is 1. The largest absolute Gasteiger partial charge is 0.468 e. The number of tetrazole rings is 1. The summed E-state index contributed by atoms with van der Waals surface area (Å²) in [5, 5.41) is 14.4. The number of unbranched alkanes of at least 4 members (excludes halogenated alkanes) is 2. The normalized spacial score (nSPS) is 13.5. The number of carbonyl (C=O) groups is 1. The molecule has 10 nitrogen and oxygen atoms in total. The van der Waals surface area contributed by atoms with Crippen LogP contribution in [0.2, 0.25) is 0 Å². The summed E-state index contributed by atoms with van der Waals surface area (Å²) >= 11 is 0. The van der Waals surface area contributed by atoms with E-state index in [-0.39, 0.29) is 12.5 Å². The molecular weight excluding hydrogens is 492 g/mol. The minimum Gasteiger partial charge on any atom is -0.468 e. The zero-order chi connectivity index (χ0) is 27.2. The molecule has 0 amide bonds. The number of hydrogen-bond acceptors (Lipinski definition) is 8. The molecule has 0 spiro atoms. The minimum atomic E-state index is -0.252. The van der Waals surface area contributed by atoms with E-state index in [1.165, 1.54) is 19.1 Å². The lowest BCUT2D eigenvalue weighted by Gasteiger charge is -2.35. The molecule has 5 rings (SSSR count). The molecule has 2 aromatic carbocycles. The second kappa shape index (κ2) is 12.2. The molecule has 0 radical (unpaired) electrons. The number of carbonyl (C=O) groups excluding carboxylic acids is 1. The number of benzene rings is 2. The van der Waals surface area contributed by atoms with Crippen molar-refractivity contribution in [2.75, 3.05) is 31.8 Å². The van der Waals surface area contributed by atoms with Gasteiger partial charge in [-0.25, -0.2) is 10.1 Å². The van der Waals surface area contributed by atoms with E-state index >= 15 is 0 Å². The van der Waals surface area contributed by atoms with Crippen molar-refractivity contribution in [2.24, 2.45) is 0 Å². The standard InChI is InChI=1S/C29H36N8O2/c1-4-6-7-12-26-30-29-25(18-35(5-2)20-36(29)19-27(38)39-3)37(26)17-21-13-15-22(16-14-21)23-10-8-9-11-24(23)28-31-33-34-32-28/h8-11,13-16H,4-7,12,17-20H2,1-3H3,(H,31,32,33,34). The van der Waals surface area contributed by atoms with E-state index in [4.69, 9.17) is 9.72 Å². The molecule has 1 aliphatic rings. The average Bonchev–Trinajstić information content (AvgIpc) is 3.63. The van der Waals surface area contributed by atoms with Crippen LogP contribution in [0.3, 0.4) is 0 Å². The number of aromatic nitrogens is 6. The van der Waals surface area contributed by atoms with Gasteiger partial charge < -0.3 is 14.2 Å². The Morgan fingerprint density at radius 1 is 1.05 bits per heavy atom. The van der Waals surface area contributed by atoms with Gasteiger partial charge in [0.1, 0.15) is 12.4 Å². The molecule has 39 heavy (non-hydrogen) atoms. The van der Waals surface area contributed by atoms with Crippen LogP contribution in [0.5, 0.6) is 0 Å². The van der Waals surface area contributed by atoms with Crippen molar-refractivity contribution in [1.82, 2.24) is 35.1 Å². The number of anilines is 1. The van der Waals surface area contributed by atoms with Gasteiger partial charge in [-0.3, -0.25) is 9.69 Å². The smallest absolute Gasteiger partial charge is 0.325 e. The van der Waals surface area contributed by atoms with Gasteiger partial charge in [-0.15, -0.1) is 5.10 Å². The topological polar surface area (TPSA) is 105 Å². The number of ether oxygens (including phenoxy) is 1. The minimum absolute atomic E-state index is 0.195. The monoisotopic (exact) mass is 528 g/mol. The van der Waals surface area contributed by atoms with Crippen molar-refractivity contribution in [2.45, 2.75) is 52.6 Å². The molecule has 0 bridgehead atoms. The maximum atomic E-state index is 12.2. The van der Waals surface area contributed by atoms with Gasteiger partial charge in [0.2, 0.25) is 0 Å². The highest BCUT2D eigenvalue weighted by Gasteiger charge is 2.30. The van der Waals surface area contributed by atoms with E-state index in [2.05, 4.69) is 74.3 Å². The number of nitrogens with zero attached hydrogens (tertiary/aromatic N) is 7. The number of esters is 1. The Morgan fingerprint density at radius 2 is 1.85 bits per heavy atom. The molecule has 4 aromatic rings. The lowest BCUT2D eigenvalue weighted by atomic mass is 9.98. The quantitative estimate of drug-likeness (QED) is 0.227. The predicted molar refractivity (Wildman–Crippen MR) is 150 cm³/mol. The van der Waals surface area contributed by atoms with Crippen LogP contribution in [0.1, 0.15) is 50.2 Å². The fraction of sp³-hybridized carbons (Fsp3) is 0.414. The molecule has 204 valence electrons. The molecule has 0 saturated heterocycles. The van der Waals surface area contributed by atoms with Crippen molar-refractivity contribution >= 4 is 11.8 Å². The van der Waals surface area contributed by atoms with Crippen LogP contribution < -0.4 is 4.90 Å². The highest BCUT2D eigenvalue weighted by atomic mass is 16.5. The van der Waals surface area contributed by atoms with Gasteiger partial charge in [0, 0.05) is 25.1 Å². The lowest BCUT2D eigenvalue weighted by molar-refractivity contribution is -0.139. The molecule has 2 aromatic heterocycles. The Kier molecular flexibility index (Phi) is 8.31. The van der Waals surface area contributed by atoms with Crippen LogP contribution in [0.15, 0.2) is 48.5 Å². The van der Waals surface area contributed by atoms with E-state index in [9.17, 15) is 4.79 Å². The van der Waals surface area contributed by atoms with E-state index in [1.807, 2.05) is 23.1 Å². The third-order valence-corrected chi connectivity index (χ3v) is 7.31. The lowest BCUT2D eigenvalue weighted by Crippen LogP contribution is -2.45. The molecular formula is C29H36N8O2. The summed E-state index contributed by atoms with van der Waals surface area (Å²) in [6, 6.07) is 16.8. The highest BCUT2D eigenvalue weighted by molar-refractivity contribution is 5.80. The van der Waals surface area contributed by atoms with Crippen LogP contribution in [0.4, 0.5) is 5.82 Å². The molecule has 1 aliphatic heterocycles. The molecule has 0 fully saturated rings. The number of aromatic amines is 1. The van der Waals surface area contributed by atoms with Gasteiger partial charge in [-0.05, 0) is 40.1 Å². The second-order valence-electron chi connectivity index (χ2n) is 9.89. The Bertz CT molecular complexity index is 1380. The number of imidazole rings is 1.